The molecule has 3 aliphatic rings. The lowest BCUT2D eigenvalue weighted by Crippen LogP contribution is -2.47. The lowest BCUT2D eigenvalue weighted by molar-refractivity contribution is 0.0504. The smallest absolute Gasteiger partial charge is 0.258 e. The van der Waals surface area contributed by atoms with E-state index in [0.717, 1.165) is 30.5 Å². The number of nitriles is 1. The Morgan fingerprint density at radius 1 is 1.31 bits per heavy atom. The highest BCUT2D eigenvalue weighted by Gasteiger charge is 2.45. The summed E-state index contributed by atoms with van der Waals surface area (Å²) in [5.41, 5.74) is 2.66. The number of amides is 1. The van der Waals surface area contributed by atoms with Crippen molar-refractivity contribution in [3.05, 3.63) is 58.3 Å². The average molecular weight is 495 g/mol. The van der Waals surface area contributed by atoms with E-state index >= 15 is 0 Å². The van der Waals surface area contributed by atoms with Gasteiger partial charge in [0.05, 0.1) is 48.2 Å². The van der Waals surface area contributed by atoms with E-state index in [1.807, 2.05) is 0 Å². The van der Waals surface area contributed by atoms with Gasteiger partial charge >= 0.3 is 0 Å². The molecular formula is C25H24ClFN6O2. The molecule has 6 rings (SSSR count). The van der Waals surface area contributed by atoms with E-state index < -0.39 is 5.82 Å². The van der Waals surface area contributed by atoms with E-state index in [1.54, 1.807) is 21.8 Å². The molecule has 1 aromatic carbocycles. The summed E-state index contributed by atoms with van der Waals surface area (Å²) >= 11 is 6.02. The number of benzene rings is 1. The first-order valence-electron chi connectivity index (χ1n) is 11.8. The van der Waals surface area contributed by atoms with Gasteiger partial charge in [-0.25, -0.2) is 13.9 Å². The molecule has 2 fully saturated rings. The van der Waals surface area contributed by atoms with E-state index in [1.165, 1.54) is 18.2 Å². The van der Waals surface area contributed by atoms with Crippen LogP contribution in [0.25, 0.3) is 5.65 Å². The van der Waals surface area contributed by atoms with Gasteiger partial charge in [0.15, 0.2) is 5.65 Å². The van der Waals surface area contributed by atoms with E-state index in [4.69, 9.17) is 16.3 Å². The number of halogens is 2. The summed E-state index contributed by atoms with van der Waals surface area (Å²) in [4.78, 5) is 21.8. The highest BCUT2D eigenvalue weighted by atomic mass is 35.5. The summed E-state index contributed by atoms with van der Waals surface area (Å²) in [6, 6.07) is 6.89. The molecule has 0 unspecified atom stereocenters. The van der Waals surface area contributed by atoms with Crippen molar-refractivity contribution < 1.29 is 13.9 Å². The minimum atomic E-state index is -0.446. The second-order valence-electron chi connectivity index (χ2n) is 9.74. The Morgan fingerprint density at radius 2 is 2.17 bits per heavy atom. The minimum absolute atomic E-state index is 0.132. The van der Waals surface area contributed by atoms with E-state index in [-0.39, 0.29) is 29.8 Å². The normalized spacial score (nSPS) is 25.6. The molecule has 0 saturated carbocycles. The largest absolute Gasteiger partial charge is 0.489 e. The number of aromatic nitrogens is 3. The lowest BCUT2D eigenvalue weighted by Gasteiger charge is -2.38. The fraction of sp³-hybridized carbons (Fsp3) is 0.440. The Labute approximate surface area is 206 Å². The zero-order chi connectivity index (χ0) is 24.3. The molecule has 8 nitrogen and oxygen atoms in total. The van der Waals surface area contributed by atoms with Crippen LogP contribution in [0, 0.1) is 23.1 Å². The monoisotopic (exact) mass is 494 g/mol. The van der Waals surface area contributed by atoms with Crippen LogP contribution >= 0.6 is 11.6 Å². The fourth-order valence-electron chi connectivity index (χ4n) is 6.00. The number of nitrogens with zero attached hydrogens (tertiary/aromatic N) is 6. The van der Waals surface area contributed by atoms with E-state index in [9.17, 15) is 14.4 Å². The second-order valence-corrected chi connectivity index (χ2v) is 10.2. The summed E-state index contributed by atoms with van der Waals surface area (Å²) in [6.07, 6.45) is 5.65. The van der Waals surface area contributed by atoms with Crippen LogP contribution in [0.5, 0.6) is 5.75 Å². The second kappa shape index (κ2) is 8.47. The first-order chi connectivity index (χ1) is 16.9. The van der Waals surface area contributed by atoms with Crippen LogP contribution in [-0.2, 0) is 13.1 Å². The van der Waals surface area contributed by atoms with Crippen molar-refractivity contribution in [2.24, 2.45) is 5.92 Å². The van der Waals surface area contributed by atoms with E-state index in [0.29, 0.717) is 41.8 Å². The van der Waals surface area contributed by atoms with Crippen LogP contribution in [0.2, 0.25) is 5.02 Å². The Balaban J connectivity index is 1.22. The fourth-order valence-corrected chi connectivity index (χ4v) is 6.14. The number of carbonyl (C=O) groups is 1. The van der Waals surface area contributed by atoms with Gasteiger partial charge in [0.25, 0.3) is 5.91 Å². The van der Waals surface area contributed by atoms with Crippen molar-refractivity contribution in [3.63, 3.8) is 0 Å². The molecule has 0 N–H and O–H groups in total. The highest BCUT2D eigenvalue weighted by molar-refractivity contribution is 6.30. The first kappa shape index (κ1) is 22.3. The van der Waals surface area contributed by atoms with Crippen LogP contribution < -0.4 is 4.74 Å². The third kappa shape index (κ3) is 3.81. The summed E-state index contributed by atoms with van der Waals surface area (Å²) in [5.74, 6) is 0.0627. The number of fused-ring (bicyclic) bond motifs is 5. The van der Waals surface area contributed by atoms with Gasteiger partial charge in [0.1, 0.15) is 17.7 Å². The molecule has 3 aliphatic heterocycles. The molecule has 5 heterocycles. The van der Waals surface area contributed by atoms with Gasteiger partial charge in [-0.3, -0.25) is 9.69 Å². The Bertz CT molecular complexity index is 1370. The molecular weight excluding hydrogens is 471 g/mol. The number of ether oxygens (including phenoxy) is 1. The standard InChI is InChI=1S/C25H24ClFN6O2/c1-14-6-17-8-18(9-22(14)32(17)5-4-28)35-23-7-16(27)2-3-19(23)25(34)31-12-20-21(13-31)30-33-11-15(26)10-29-24(20)33/h2-3,7,10-11,14,17-18,22H,5-6,8-9,12-13H2,1H3/t14-,17+,18-,22+/m1/s1. The topological polar surface area (TPSA) is 86.8 Å². The number of hydrogen-bond donors (Lipinski definition) is 0. The summed E-state index contributed by atoms with van der Waals surface area (Å²) in [6.45, 7) is 3.31. The van der Waals surface area contributed by atoms with Gasteiger partial charge < -0.3 is 9.64 Å². The molecule has 0 aliphatic carbocycles. The molecule has 180 valence electrons. The zero-order valence-electron chi connectivity index (χ0n) is 19.2. The van der Waals surface area contributed by atoms with Crippen molar-refractivity contribution in [1.82, 2.24) is 24.4 Å². The van der Waals surface area contributed by atoms with Crippen molar-refractivity contribution in [1.29, 1.82) is 5.26 Å². The third-order valence-corrected chi connectivity index (χ3v) is 7.75. The third-order valence-electron chi connectivity index (χ3n) is 7.55. The van der Waals surface area contributed by atoms with Crippen LogP contribution in [-0.4, -0.2) is 55.0 Å². The molecule has 35 heavy (non-hydrogen) atoms. The molecule has 2 saturated heterocycles. The predicted molar refractivity (Wildman–Crippen MR) is 125 cm³/mol. The van der Waals surface area contributed by atoms with Crippen molar-refractivity contribution in [3.8, 4) is 11.8 Å². The van der Waals surface area contributed by atoms with Gasteiger partial charge in [-0.05, 0) is 30.9 Å². The Morgan fingerprint density at radius 3 is 2.97 bits per heavy atom. The SMILES string of the molecule is C[C@@H]1C[C@H]2C[C@@H](Oc3cc(F)ccc3C(=O)N3Cc4nn5cc(Cl)cnc5c4C3)C[C@@H]1N2CC#N. The molecule has 2 aromatic heterocycles. The zero-order valence-corrected chi connectivity index (χ0v) is 20.0. The maximum Gasteiger partial charge on any atom is 0.258 e. The lowest BCUT2D eigenvalue weighted by atomic mass is 9.97. The molecule has 3 aromatic rings. The first-order valence-corrected chi connectivity index (χ1v) is 12.2. The maximum atomic E-state index is 14.2. The van der Waals surface area contributed by atoms with Crippen LogP contribution in [0.3, 0.4) is 0 Å². The number of piperidine rings is 1. The summed E-state index contributed by atoms with van der Waals surface area (Å²) in [7, 11) is 0. The molecule has 1 amide bonds. The number of rotatable bonds is 4. The summed E-state index contributed by atoms with van der Waals surface area (Å²) < 4.78 is 22.2. The molecule has 4 atom stereocenters. The number of hydrogen-bond acceptors (Lipinski definition) is 6. The van der Waals surface area contributed by atoms with Gasteiger partial charge in [-0.1, -0.05) is 18.5 Å². The predicted octanol–water partition coefficient (Wildman–Crippen LogP) is 3.82. The van der Waals surface area contributed by atoms with Crippen LogP contribution in [0.1, 0.15) is 47.8 Å². The molecule has 0 radical (unpaired) electrons. The van der Waals surface area contributed by atoms with Crippen molar-refractivity contribution in [2.75, 3.05) is 6.54 Å². The van der Waals surface area contributed by atoms with Crippen molar-refractivity contribution in [2.45, 2.75) is 57.5 Å². The minimum Gasteiger partial charge on any atom is -0.489 e. The van der Waals surface area contributed by atoms with Crippen molar-refractivity contribution >= 4 is 23.2 Å². The summed E-state index contributed by atoms with van der Waals surface area (Å²) in [5, 5.41) is 14.2. The molecule has 2 bridgehead atoms. The van der Waals surface area contributed by atoms with Crippen LogP contribution in [0.15, 0.2) is 30.6 Å². The number of carbonyl (C=O) groups excluding carboxylic acids is 1. The average Bonchev–Trinajstić information content (AvgIpc) is 3.42. The molecule has 0 spiro atoms. The van der Waals surface area contributed by atoms with E-state index in [2.05, 4.69) is 28.0 Å². The Kier molecular flexibility index (Phi) is 5.38. The van der Waals surface area contributed by atoms with Gasteiger partial charge in [0, 0.05) is 36.3 Å². The highest BCUT2D eigenvalue weighted by Crippen LogP contribution is 2.41. The van der Waals surface area contributed by atoms with Gasteiger partial charge in [-0.2, -0.15) is 10.4 Å². The van der Waals surface area contributed by atoms with Crippen LogP contribution in [0.4, 0.5) is 4.39 Å². The van der Waals surface area contributed by atoms with Gasteiger partial charge in [-0.15, -0.1) is 0 Å². The molecule has 10 heteroatoms. The van der Waals surface area contributed by atoms with Gasteiger partial charge in [0.2, 0.25) is 0 Å². The quantitative estimate of drug-likeness (QED) is 0.512. The maximum absolute atomic E-state index is 14.2. The Hall–Kier alpha value is -3.22.